The molecule has 1 aromatic carbocycles. The minimum absolute atomic E-state index is 0.139. The predicted molar refractivity (Wildman–Crippen MR) is 108 cm³/mol. The molecule has 8 nitrogen and oxygen atoms in total. The van der Waals surface area contributed by atoms with Crippen molar-refractivity contribution in [3.8, 4) is 0 Å². The molecule has 28 heavy (non-hydrogen) atoms. The monoisotopic (exact) mass is 431 g/mol. The van der Waals surface area contributed by atoms with Gasteiger partial charge < -0.3 is 5.32 Å². The van der Waals surface area contributed by atoms with Gasteiger partial charge in [0, 0.05) is 19.1 Å². The van der Waals surface area contributed by atoms with Crippen LogP contribution in [0.3, 0.4) is 0 Å². The van der Waals surface area contributed by atoms with Gasteiger partial charge in [-0.2, -0.15) is 4.31 Å². The molecule has 10 heteroatoms. The summed E-state index contributed by atoms with van der Waals surface area (Å²) >= 11 is 0. The molecule has 1 unspecified atom stereocenters. The average molecular weight is 432 g/mol. The third kappa shape index (κ3) is 6.54. The fourth-order valence-electron chi connectivity index (χ4n) is 3.34. The van der Waals surface area contributed by atoms with Crippen molar-refractivity contribution in [2.45, 2.75) is 57.5 Å². The first kappa shape index (κ1) is 22.8. The first-order valence-electron chi connectivity index (χ1n) is 9.31. The van der Waals surface area contributed by atoms with Crippen molar-refractivity contribution in [3.63, 3.8) is 0 Å². The van der Waals surface area contributed by atoms with Crippen LogP contribution in [0.4, 0.5) is 0 Å². The lowest BCUT2D eigenvalue weighted by molar-refractivity contribution is -0.125. The molecule has 0 bridgehead atoms. The Morgan fingerprint density at radius 3 is 2.39 bits per heavy atom. The Morgan fingerprint density at radius 2 is 1.79 bits per heavy atom. The Labute approximate surface area is 167 Å². The first-order valence-corrected chi connectivity index (χ1v) is 12.8. The molecule has 2 N–H and O–H groups in total. The van der Waals surface area contributed by atoms with Gasteiger partial charge in [-0.25, -0.2) is 21.6 Å². The van der Waals surface area contributed by atoms with Crippen LogP contribution >= 0.6 is 0 Å². The Morgan fingerprint density at radius 1 is 1.14 bits per heavy atom. The zero-order chi connectivity index (χ0) is 20.9. The van der Waals surface area contributed by atoms with E-state index in [1.54, 1.807) is 38.1 Å². The molecule has 0 saturated carbocycles. The van der Waals surface area contributed by atoms with Gasteiger partial charge in [-0.05, 0) is 37.8 Å². The lowest BCUT2D eigenvalue weighted by Crippen LogP contribution is -2.51. The second kappa shape index (κ2) is 9.34. The van der Waals surface area contributed by atoms with Gasteiger partial charge in [0.2, 0.25) is 26.0 Å². The van der Waals surface area contributed by atoms with E-state index in [9.17, 15) is 21.6 Å². The molecule has 0 aromatic heterocycles. The SMILES string of the molecule is CC(C)NS(=O)(=O)Cc1ccccc1CNC(=O)C1CCCCN1S(C)(=O)=O. The maximum Gasteiger partial charge on any atom is 0.238 e. The third-order valence-electron chi connectivity index (χ3n) is 4.51. The van der Waals surface area contributed by atoms with Gasteiger partial charge in [0.05, 0.1) is 12.0 Å². The maximum atomic E-state index is 12.6. The van der Waals surface area contributed by atoms with Gasteiger partial charge in [0.25, 0.3) is 0 Å². The molecule has 1 fully saturated rings. The summed E-state index contributed by atoms with van der Waals surface area (Å²) in [5.74, 6) is -0.543. The lowest BCUT2D eigenvalue weighted by atomic mass is 10.0. The van der Waals surface area contributed by atoms with Crippen LogP contribution in [0.1, 0.15) is 44.2 Å². The van der Waals surface area contributed by atoms with E-state index in [-0.39, 0.29) is 24.2 Å². The summed E-state index contributed by atoms with van der Waals surface area (Å²) < 4.78 is 52.1. The van der Waals surface area contributed by atoms with Gasteiger partial charge in [-0.15, -0.1) is 0 Å². The molecule has 1 aromatic rings. The largest absolute Gasteiger partial charge is 0.351 e. The molecule has 0 radical (unpaired) electrons. The normalized spacial score (nSPS) is 18.9. The van der Waals surface area contributed by atoms with Gasteiger partial charge in [0.15, 0.2) is 0 Å². The Hall–Kier alpha value is -1.49. The Bertz CT molecular complexity index is 898. The van der Waals surface area contributed by atoms with E-state index in [1.165, 1.54) is 4.31 Å². The molecule has 1 aliphatic rings. The topological polar surface area (TPSA) is 113 Å². The van der Waals surface area contributed by atoms with Crippen LogP contribution in [-0.4, -0.2) is 51.9 Å². The highest BCUT2D eigenvalue weighted by molar-refractivity contribution is 7.88. The molecular weight excluding hydrogens is 402 g/mol. The van der Waals surface area contributed by atoms with E-state index >= 15 is 0 Å². The van der Waals surface area contributed by atoms with Crippen molar-refractivity contribution in [2.24, 2.45) is 0 Å². The maximum absolute atomic E-state index is 12.6. The van der Waals surface area contributed by atoms with Crippen molar-refractivity contribution in [1.82, 2.24) is 14.3 Å². The molecule has 1 amide bonds. The van der Waals surface area contributed by atoms with E-state index in [4.69, 9.17) is 0 Å². The second-order valence-corrected chi connectivity index (χ2v) is 11.1. The van der Waals surface area contributed by atoms with Crippen LogP contribution in [0.5, 0.6) is 0 Å². The van der Waals surface area contributed by atoms with Crippen LogP contribution in [0.25, 0.3) is 0 Å². The fourth-order valence-corrected chi connectivity index (χ4v) is 5.96. The molecule has 2 rings (SSSR count). The second-order valence-electron chi connectivity index (χ2n) is 7.40. The number of hydrogen-bond donors (Lipinski definition) is 2. The van der Waals surface area contributed by atoms with Crippen LogP contribution in [0, 0.1) is 0 Å². The summed E-state index contributed by atoms with van der Waals surface area (Å²) in [5, 5.41) is 2.78. The predicted octanol–water partition coefficient (Wildman–Crippen LogP) is 0.945. The minimum Gasteiger partial charge on any atom is -0.351 e. The van der Waals surface area contributed by atoms with Crippen LogP contribution in [0.15, 0.2) is 24.3 Å². The van der Waals surface area contributed by atoms with Gasteiger partial charge in [-0.1, -0.05) is 30.7 Å². The molecule has 1 saturated heterocycles. The van der Waals surface area contributed by atoms with Gasteiger partial charge in [-0.3, -0.25) is 4.79 Å². The van der Waals surface area contributed by atoms with E-state index in [0.717, 1.165) is 19.1 Å². The van der Waals surface area contributed by atoms with Crippen molar-refractivity contribution in [2.75, 3.05) is 12.8 Å². The standard InChI is InChI=1S/C18H29N3O5S2/c1-14(2)20-28(25,26)13-16-9-5-4-8-15(16)12-19-18(22)17-10-6-7-11-21(17)27(3,23)24/h4-5,8-9,14,17,20H,6-7,10-13H2,1-3H3,(H,19,22). The van der Waals surface area contributed by atoms with Crippen molar-refractivity contribution in [1.29, 1.82) is 0 Å². The minimum atomic E-state index is -3.49. The number of hydrogen-bond acceptors (Lipinski definition) is 5. The number of carbonyl (C=O) groups excluding carboxylic acids is 1. The number of carbonyl (C=O) groups is 1. The molecular formula is C18H29N3O5S2. The van der Waals surface area contributed by atoms with Crippen molar-refractivity contribution < 1.29 is 21.6 Å². The smallest absolute Gasteiger partial charge is 0.238 e. The summed E-state index contributed by atoms with van der Waals surface area (Å²) in [5.41, 5.74) is 1.28. The molecule has 158 valence electrons. The van der Waals surface area contributed by atoms with E-state index < -0.39 is 26.1 Å². The number of nitrogens with zero attached hydrogens (tertiary/aromatic N) is 1. The zero-order valence-corrected chi connectivity index (χ0v) is 18.1. The summed E-state index contributed by atoms with van der Waals surface area (Å²) in [6.45, 7) is 3.98. The van der Waals surface area contributed by atoms with E-state index in [2.05, 4.69) is 10.0 Å². The van der Waals surface area contributed by atoms with Crippen molar-refractivity contribution in [3.05, 3.63) is 35.4 Å². The summed E-state index contributed by atoms with van der Waals surface area (Å²) in [7, 11) is -6.96. The van der Waals surface area contributed by atoms with Crippen LogP contribution in [-0.2, 0) is 37.1 Å². The summed E-state index contributed by atoms with van der Waals surface area (Å²) in [6.07, 6.45) is 3.12. The molecule has 1 atom stereocenters. The van der Waals surface area contributed by atoms with Crippen molar-refractivity contribution >= 4 is 26.0 Å². The zero-order valence-electron chi connectivity index (χ0n) is 16.5. The number of amides is 1. The van der Waals surface area contributed by atoms with Gasteiger partial charge >= 0.3 is 0 Å². The highest BCUT2D eigenvalue weighted by Gasteiger charge is 2.34. The summed E-state index contributed by atoms with van der Waals surface area (Å²) in [4.78, 5) is 12.6. The van der Waals surface area contributed by atoms with E-state index in [1.807, 2.05) is 0 Å². The molecule has 0 aliphatic carbocycles. The van der Waals surface area contributed by atoms with E-state index in [0.29, 0.717) is 24.1 Å². The number of nitrogens with one attached hydrogen (secondary N) is 2. The molecule has 1 heterocycles. The average Bonchev–Trinajstić information content (AvgIpc) is 2.58. The van der Waals surface area contributed by atoms with Gasteiger partial charge in [0.1, 0.15) is 6.04 Å². The number of benzene rings is 1. The number of sulfonamides is 2. The Kier molecular flexibility index (Phi) is 7.60. The third-order valence-corrected chi connectivity index (χ3v) is 7.33. The number of rotatable bonds is 8. The molecule has 0 spiro atoms. The van der Waals surface area contributed by atoms with Crippen LogP contribution < -0.4 is 10.0 Å². The van der Waals surface area contributed by atoms with Crippen LogP contribution in [0.2, 0.25) is 0 Å². The quantitative estimate of drug-likeness (QED) is 0.636. The Balaban J connectivity index is 2.09. The number of piperidine rings is 1. The molecule has 1 aliphatic heterocycles. The summed E-state index contributed by atoms with van der Waals surface area (Å²) in [6, 6.07) is 6.07. The highest BCUT2D eigenvalue weighted by Crippen LogP contribution is 2.20. The lowest BCUT2D eigenvalue weighted by Gasteiger charge is -2.32. The fraction of sp³-hybridized carbons (Fsp3) is 0.611. The highest BCUT2D eigenvalue weighted by atomic mass is 32.2. The first-order chi connectivity index (χ1) is 13.0.